The van der Waals surface area contributed by atoms with Crippen LogP contribution in [-0.4, -0.2) is 35.8 Å². The Bertz CT molecular complexity index is 609. The highest BCUT2D eigenvalue weighted by molar-refractivity contribution is 5.85. The molecule has 0 atom stereocenters. The van der Waals surface area contributed by atoms with Gasteiger partial charge in [0.25, 0.3) is 0 Å². The van der Waals surface area contributed by atoms with Crippen molar-refractivity contribution in [1.82, 2.24) is 10.9 Å². The van der Waals surface area contributed by atoms with Crippen molar-refractivity contribution in [2.75, 3.05) is 0 Å². The van der Waals surface area contributed by atoms with Crippen LogP contribution in [0.2, 0.25) is 0 Å². The first-order valence-corrected chi connectivity index (χ1v) is 8.09. The first-order chi connectivity index (χ1) is 11.9. The van der Waals surface area contributed by atoms with E-state index in [0.717, 1.165) is 11.1 Å². The fourth-order valence-corrected chi connectivity index (χ4v) is 1.59. The van der Waals surface area contributed by atoms with E-state index in [-0.39, 0.29) is 0 Å². The van der Waals surface area contributed by atoms with E-state index in [1.165, 1.54) is 12.4 Å². The number of benzene rings is 1. The molecule has 0 saturated carbocycles. The van der Waals surface area contributed by atoms with Gasteiger partial charge in [0.2, 0.25) is 0 Å². The second-order valence-electron chi connectivity index (χ2n) is 7.41. The molecular weight excluding hydrogens is 336 g/mol. The summed E-state index contributed by atoms with van der Waals surface area (Å²) in [6.45, 7) is 10.6. The largest absolute Gasteiger partial charge is 0.443 e. The third kappa shape index (κ3) is 10.1. The maximum absolute atomic E-state index is 11.5. The third-order valence-electron chi connectivity index (χ3n) is 2.47. The van der Waals surface area contributed by atoms with Gasteiger partial charge in [-0.05, 0) is 52.7 Å². The molecule has 2 N–H and O–H groups in total. The van der Waals surface area contributed by atoms with Crippen LogP contribution in [0.1, 0.15) is 52.7 Å². The standard InChI is InChI=1S/C18H26N4O4/c1-17(2,3)25-15(23)21-19-11-13-7-9-14(10-8-13)12-20-22-16(24)26-18(4,5)6/h7-12H,1-6H3,(H,21,23)(H,22,24)/b19-11+,20-12+. The average Bonchev–Trinajstić information content (AvgIpc) is 2.45. The average molecular weight is 362 g/mol. The number of amides is 2. The molecular formula is C18H26N4O4. The van der Waals surface area contributed by atoms with E-state index in [2.05, 4.69) is 21.1 Å². The summed E-state index contributed by atoms with van der Waals surface area (Å²) in [5.41, 5.74) is 4.98. The molecule has 0 aliphatic carbocycles. The quantitative estimate of drug-likeness (QED) is 0.633. The van der Waals surface area contributed by atoms with Gasteiger partial charge >= 0.3 is 12.2 Å². The highest BCUT2D eigenvalue weighted by atomic mass is 16.6. The molecule has 1 rings (SSSR count). The number of carbonyl (C=O) groups is 2. The summed E-state index contributed by atoms with van der Waals surface area (Å²) in [6.07, 6.45) is 1.74. The number of hydrogen-bond donors (Lipinski definition) is 2. The predicted octanol–water partition coefficient (Wildman–Crippen LogP) is 3.40. The lowest BCUT2D eigenvalue weighted by Crippen LogP contribution is -2.29. The minimum Gasteiger partial charge on any atom is -0.443 e. The number of nitrogens with one attached hydrogen (secondary N) is 2. The van der Waals surface area contributed by atoms with Gasteiger partial charge in [-0.2, -0.15) is 10.2 Å². The Kier molecular flexibility index (Phi) is 7.30. The fraction of sp³-hybridized carbons (Fsp3) is 0.444. The number of rotatable bonds is 4. The number of ether oxygens (including phenoxy) is 2. The van der Waals surface area contributed by atoms with Gasteiger partial charge in [-0.1, -0.05) is 24.3 Å². The van der Waals surface area contributed by atoms with Gasteiger partial charge in [-0.3, -0.25) is 0 Å². The van der Waals surface area contributed by atoms with Crippen molar-refractivity contribution in [3.8, 4) is 0 Å². The highest BCUT2D eigenvalue weighted by Crippen LogP contribution is 2.07. The minimum atomic E-state index is -0.620. The number of hydrogen-bond acceptors (Lipinski definition) is 6. The van der Waals surface area contributed by atoms with Gasteiger partial charge < -0.3 is 9.47 Å². The first-order valence-electron chi connectivity index (χ1n) is 8.09. The van der Waals surface area contributed by atoms with Gasteiger partial charge in [-0.15, -0.1) is 0 Å². The molecule has 1 aromatic rings. The maximum Gasteiger partial charge on any atom is 0.428 e. The van der Waals surface area contributed by atoms with E-state index in [1.807, 2.05) is 0 Å². The van der Waals surface area contributed by atoms with E-state index < -0.39 is 23.4 Å². The molecule has 26 heavy (non-hydrogen) atoms. The van der Waals surface area contributed by atoms with Gasteiger partial charge in [0.1, 0.15) is 11.2 Å². The zero-order chi connectivity index (χ0) is 19.8. The Morgan fingerprint density at radius 2 is 1.08 bits per heavy atom. The Balaban J connectivity index is 2.48. The van der Waals surface area contributed by atoms with Crippen molar-refractivity contribution in [2.24, 2.45) is 10.2 Å². The lowest BCUT2D eigenvalue weighted by Gasteiger charge is -2.18. The lowest BCUT2D eigenvalue weighted by atomic mass is 10.2. The Labute approximate surface area is 153 Å². The van der Waals surface area contributed by atoms with Crippen LogP contribution < -0.4 is 10.9 Å². The molecule has 0 saturated heterocycles. The summed E-state index contributed by atoms with van der Waals surface area (Å²) < 4.78 is 10.1. The van der Waals surface area contributed by atoms with E-state index in [4.69, 9.17) is 9.47 Å². The third-order valence-corrected chi connectivity index (χ3v) is 2.47. The molecule has 0 bridgehead atoms. The molecule has 0 radical (unpaired) electrons. The molecule has 0 aliphatic heterocycles. The predicted molar refractivity (Wildman–Crippen MR) is 100 cm³/mol. The second-order valence-corrected chi connectivity index (χ2v) is 7.41. The van der Waals surface area contributed by atoms with Crippen LogP contribution in [0.25, 0.3) is 0 Å². The molecule has 0 spiro atoms. The van der Waals surface area contributed by atoms with Gasteiger partial charge in [-0.25, -0.2) is 20.4 Å². The number of nitrogens with zero attached hydrogens (tertiary/aromatic N) is 2. The van der Waals surface area contributed by atoms with Crippen LogP contribution in [0.15, 0.2) is 34.5 Å². The van der Waals surface area contributed by atoms with E-state index in [0.29, 0.717) is 0 Å². The maximum atomic E-state index is 11.5. The summed E-state index contributed by atoms with van der Waals surface area (Å²) >= 11 is 0. The Hall–Kier alpha value is -2.90. The van der Waals surface area contributed by atoms with E-state index >= 15 is 0 Å². The molecule has 8 nitrogen and oxygen atoms in total. The summed E-state index contributed by atoms with van der Waals surface area (Å²) in [5, 5.41) is 7.64. The first kappa shape index (κ1) is 21.1. The monoisotopic (exact) mass is 362 g/mol. The fourth-order valence-electron chi connectivity index (χ4n) is 1.59. The normalized spacial score (nSPS) is 12.2. The van der Waals surface area contributed by atoms with E-state index in [9.17, 15) is 9.59 Å². The van der Waals surface area contributed by atoms with Crippen LogP contribution in [-0.2, 0) is 9.47 Å². The number of carbonyl (C=O) groups excluding carboxylic acids is 2. The second kappa shape index (κ2) is 8.98. The molecule has 0 aromatic heterocycles. The van der Waals surface area contributed by atoms with Crippen molar-refractivity contribution in [3.05, 3.63) is 35.4 Å². The molecule has 0 unspecified atom stereocenters. The van der Waals surface area contributed by atoms with Crippen molar-refractivity contribution in [2.45, 2.75) is 52.7 Å². The molecule has 0 heterocycles. The molecule has 0 fully saturated rings. The van der Waals surface area contributed by atoms with Crippen LogP contribution >= 0.6 is 0 Å². The van der Waals surface area contributed by atoms with Gasteiger partial charge in [0, 0.05) is 0 Å². The van der Waals surface area contributed by atoms with Gasteiger partial charge in [0.05, 0.1) is 12.4 Å². The molecule has 8 heteroatoms. The van der Waals surface area contributed by atoms with Crippen LogP contribution in [0.3, 0.4) is 0 Å². The van der Waals surface area contributed by atoms with Crippen molar-refractivity contribution >= 4 is 24.6 Å². The van der Waals surface area contributed by atoms with Crippen molar-refractivity contribution < 1.29 is 19.1 Å². The number of hydrazone groups is 2. The SMILES string of the molecule is CC(C)(C)OC(=O)N/N=C/c1ccc(/C=N/NC(=O)OC(C)(C)C)cc1. The van der Waals surface area contributed by atoms with Crippen molar-refractivity contribution in [1.29, 1.82) is 0 Å². The zero-order valence-electron chi connectivity index (χ0n) is 16.0. The summed E-state index contributed by atoms with van der Waals surface area (Å²) in [4.78, 5) is 22.9. The van der Waals surface area contributed by atoms with Crippen LogP contribution in [0, 0.1) is 0 Å². The van der Waals surface area contributed by atoms with Gasteiger partial charge in [0.15, 0.2) is 0 Å². The molecule has 142 valence electrons. The highest BCUT2D eigenvalue weighted by Gasteiger charge is 2.16. The molecule has 1 aromatic carbocycles. The summed E-state index contributed by atoms with van der Waals surface area (Å²) in [7, 11) is 0. The van der Waals surface area contributed by atoms with Crippen LogP contribution in [0.5, 0.6) is 0 Å². The Morgan fingerprint density at radius 3 is 1.35 bits per heavy atom. The lowest BCUT2D eigenvalue weighted by molar-refractivity contribution is 0.0518. The molecule has 0 aliphatic rings. The van der Waals surface area contributed by atoms with Crippen LogP contribution in [0.4, 0.5) is 9.59 Å². The van der Waals surface area contributed by atoms with E-state index in [1.54, 1.807) is 65.8 Å². The smallest absolute Gasteiger partial charge is 0.428 e. The summed E-state index contributed by atoms with van der Waals surface area (Å²) in [6, 6.07) is 7.15. The summed E-state index contributed by atoms with van der Waals surface area (Å²) in [5.74, 6) is 0. The zero-order valence-corrected chi connectivity index (χ0v) is 16.0. The van der Waals surface area contributed by atoms with Crippen molar-refractivity contribution in [3.63, 3.8) is 0 Å². The molecule has 2 amide bonds. The Morgan fingerprint density at radius 1 is 0.769 bits per heavy atom. The topological polar surface area (TPSA) is 101 Å². The minimum absolute atomic E-state index is 0.575.